The predicted molar refractivity (Wildman–Crippen MR) is 156 cm³/mol. The van der Waals surface area contributed by atoms with Crippen LogP contribution in [-0.4, -0.2) is 21.9 Å². The van der Waals surface area contributed by atoms with E-state index in [0.717, 1.165) is 25.7 Å². The van der Waals surface area contributed by atoms with Crippen molar-refractivity contribution in [3.63, 3.8) is 0 Å². The highest BCUT2D eigenvalue weighted by atomic mass is 32.1. The molecule has 6 heteroatoms. The molecule has 4 rings (SSSR count). The molecule has 37 heavy (non-hydrogen) atoms. The number of carbonyl (C=O) groups is 1. The van der Waals surface area contributed by atoms with Crippen molar-refractivity contribution in [2.75, 3.05) is 0 Å². The van der Waals surface area contributed by atoms with Gasteiger partial charge in [-0.05, 0) is 117 Å². The van der Waals surface area contributed by atoms with Crippen molar-refractivity contribution in [1.29, 1.82) is 0 Å². The van der Waals surface area contributed by atoms with Crippen LogP contribution in [0.3, 0.4) is 0 Å². The molecule has 0 aromatic carbocycles. The lowest BCUT2D eigenvalue weighted by atomic mass is 9.41. The van der Waals surface area contributed by atoms with Crippen molar-refractivity contribution in [1.82, 2.24) is 5.43 Å². The molecule has 3 saturated carbocycles. The van der Waals surface area contributed by atoms with Crippen LogP contribution >= 0.6 is 12.2 Å². The maximum Gasteiger partial charge on any atom is 0.330 e. The summed E-state index contributed by atoms with van der Waals surface area (Å²) in [7, 11) is 0. The third-order valence-corrected chi connectivity index (χ3v) is 12.2. The Balaban J connectivity index is 1.58. The fourth-order valence-corrected chi connectivity index (χ4v) is 9.70. The van der Waals surface area contributed by atoms with Gasteiger partial charge in [0.05, 0.1) is 0 Å². The van der Waals surface area contributed by atoms with E-state index in [1.807, 2.05) is 6.08 Å². The number of rotatable bonds is 6. The fourth-order valence-electron chi connectivity index (χ4n) is 9.65. The fraction of sp³-hybridized carbons (Fsp3) is 0.774. The quantitative estimate of drug-likeness (QED) is 0.147. The molecule has 0 spiro atoms. The minimum Gasteiger partial charge on any atom is -0.478 e. The Labute approximate surface area is 229 Å². The van der Waals surface area contributed by atoms with Gasteiger partial charge < -0.3 is 10.8 Å². The number of carboxylic acid groups (broad SMARTS) is 1. The summed E-state index contributed by atoms with van der Waals surface area (Å²) < 4.78 is 0. The van der Waals surface area contributed by atoms with Gasteiger partial charge in [0, 0.05) is 16.7 Å². The van der Waals surface area contributed by atoms with E-state index in [1.165, 1.54) is 37.8 Å². The molecule has 0 aromatic rings. The van der Waals surface area contributed by atoms with Crippen molar-refractivity contribution >= 4 is 29.0 Å². The molecule has 0 aromatic heterocycles. The number of fused-ring (bicyclic) bond motifs is 5. The molecule has 5 nitrogen and oxygen atoms in total. The summed E-state index contributed by atoms with van der Waals surface area (Å²) in [5.41, 5.74) is 12.8. The van der Waals surface area contributed by atoms with Crippen LogP contribution in [0.15, 0.2) is 28.4 Å². The maximum absolute atomic E-state index is 11.2. The minimum atomic E-state index is -0.800. The maximum atomic E-state index is 11.2. The summed E-state index contributed by atoms with van der Waals surface area (Å²) >= 11 is 5.01. The van der Waals surface area contributed by atoms with Crippen LogP contribution in [0.4, 0.5) is 0 Å². The zero-order valence-electron chi connectivity index (χ0n) is 24.1. The first-order chi connectivity index (χ1) is 17.2. The summed E-state index contributed by atoms with van der Waals surface area (Å²) in [6.45, 7) is 16.6. The van der Waals surface area contributed by atoms with E-state index in [9.17, 15) is 9.90 Å². The van der Waals surface area contributed by atoms with Gasteiger partial charge in [-0.25, -0.2) is 4.79 Å². The third-order valence-electron chi connectivity index (χ3n) is 12.1. The van der Waals surface area contributed by atoms with Gasteiger partial charge in [-0.3, -0.25) is 5.43 Å². The second-order valence-corrected chi connectivity index (χ2v) is 14.4. The molecule has 4 N–H and O–H groups in total. The highest BCUT2D eigenvalue weighted by molar-refractivity contribution is 7.80. The van der Waals surface area contributed by atoms with Gasteiger partial charge in [0.15, 0.2) is 5.11 Å². The lowest BCUT2D eigenvalue weighted by Gasteiger charge is -2.63. The number of nitrogens with two attached hydrogens (primary N) is 1. The molecule has 3 fully saturated rings. The van der Waals surface area contributed by atoms with E-state index >= 15 is 0 Å². The van der Waals surface area contributed by atoms with Crippen LogP contribution in [0.25, 0.3) is 0 Å². The number of aliphatic carboxylic acids is 1. The largest absolute Gasteiger partial charge is 0.478 e. The Bertz CT molecular complexity index is 1050. The van der Waals surface area contributed by atoms with E-state index in [0.29, 0.717) is 34.7 Å². The van der Waals surface area contributed by atoms with Crippen LogP contribution in [0.5, 0.6) is 0 Å². The molecule has 4 aliphatic rings. The molecule has 0 heterocycles. The number of hydrazone groups is 1. The Morgan fingerprint density at radius 2 is 1.95 bits per heavy atom. The molecule has 0 bridgehead atoms. The Kier molecular flexibility index (Phi) is 7.51. The summed E-state index contributed by atoms with van der Waals surface area (Å²) in [6.07, 6.45) is 14.9. The normalized spacial score (nSPS) is 40.7. The lowest BCUT2D eigenvalue weighted by molar-refractivity contribution is -0.132. The molecule has 7 atom stereocenters. The van der Waals surface area contributed by atoms with Crippen molar-refractivity contribution < 1.29 is 9.90 Å². The van der Waals surface area contributed by atoms with E-state index in [4.69, 9.17) is 18.0 Å². The van der Waals surface area contributed by atoms with Crippen molar-refractivity contribution in [3.05, 3.63) is 23.3 Å². The summed E-state index contributed by atoms with van der Waals surface area (Å²) in [5, 5.41) is 14.1. The lowest BCUT2D eigenvalue weighted by Crippen LogP contribution is -2.57. The summed E-state index contributed by atoms with van der Waals surface area (Å²) in [4.78, 5) is 11.2. The Morgan fingerprint density at radius 1 is 1.24 bits per heavy atom. The molecular weight excluding hydrogens is 478 g/mol. The zero-order valence-corrected chi connectivity index (χ0v) is 24.9. The number of nitrogens with zero attached hydrogens (tertiary/aromatic N) is 1. The van der Waals surface area contributed by atoms with Crippen LogP contribution in [0, 0.1) is 45.3 Å². The van der Waals surface area contributed by atoms with Crippen LogP contribution in [0.1, 0.15) is 106 Å². The van der Waals surface area contributed by atoms with Crippen molar-refractivity contribution in [2.24, 2.45) is 56.2 Å². The topological polar surface area (TPSA) is 87.7 Å². The molecule has 0 aliphatic heterocycles. The number of hydrogen-bond donors (Lipinski definition) is 3. The molecule has 0 unspecified atom stereocenters. The average Bonchev–Trinajstić information content (AvgIpc) is 3.09. The molecular formula is C31H49N3O2S. The smallest absolute Gasteiger partial charge is 0.330 e. The van der Waals surface area contributed by atoms with Gasteiger partial charge in [0.1, 0.15) is 0 Å². The molecule has 0 amide bonds. The van der Waals surface area contributed by atoms with Gasteiger partial charge in [0.25, 0.3) is 0 Å². The molecule has 0 saturated heterocycles. The van der Waals surface area contributed by atoms with Gasteiger partial charge in [-0.2, -0.15) is 5.10 Å². The SMILES string of the molecule is C/C(=C/CC[C@H](C)[C@@H]1CC[C@]2(C)C3=CC[C@@H]4C(C)(C)/C(=N/NC(N)=S)CC[C@]4(C)[C@@H]3CC[C@@]12C)C(=O)O. The second-order valence-electron chi connectivity index (χ2n) is 13.9. The number of thiocarbonyl (C=S) groups is 1. The minimum absolute atomic E-state index is 0.00277. The Morgan fingerprint density at radius 3 is 2.59 bits per heavy atom. The van der Waals surface area contributed by atoms with Crippen LogP contribution in [0.2, 0.25) is 0 Å². The van der Waals surface area contributed by atoms with Gasteiger partial charge in [0.2, 0.25) is 0 Å². The monoisotopic (exact) mass is 527 g/mol. The standard InChI is InChI=1S/C31H49N3O2S/c1-19(9-8-10-20(2)26(35)36)21-13-17-31(7)23-11-12-24-28(3,4)25(33-34-27(32)37)15-16-29(24,5)22(23)14-18-30(21,31)6/h10-11,19,21-22,24H,8-9,12-18H2,1-7H3,(H,35,36)(H3,32,34,37)/b20-10-,33-25+/t19-,21-,22+,24+,29+,30-,31+/m0/s1. The molecule has 206 valence electrons. The van der Waals surface area contributed by atoms with E-state index in [1.54, 1.807) is 12.5 Å². The van der Waals surface area contributed by atoms with E-state index in [-0.39, 0.29) is 21.4 Å². The van der Waals surface area contributed by atoms with Crippen LogP contribution in [-0.2, 0) is 4.79 Å². The first kappa shape index (κ1) is 28.3. The molecule has 4 aliphatic carbocycles. The summed E-state index contributed by atoms with van der Waals surface area (Å²) in [6, 6.07) is 0. The predicted octanol–water partition coefficient (Wildman–Crippen LogP) is 7.23. The number of nitrogens with one attached hydrogen (secondary N) is 1. The summed E-state index contributed by atoms with van der Waals surface area (Å²) in [5.74, 6) is 1.69. The number of allylic oxidation sites excluding steroid dienone is 3. The first-order valence-electron chi connectivity index (χ1n) is 14.4. The van der Waals surface area contributed by atoms with E-state index in [2.05, 4.69) is 58.1 Å². The highest BCUT2D eigenvalue weighted by Gasteiger charge is 2.65. The van der Waals surface area contributed by atoms with Crippen LogP contribution < -0.4 is 11.2 Å². The third kappa shape index (κ3) is 4.49. The van der Waals surface area contributed by atoms with Crippen molar-refractivity contribution in [3.8, 4) is 0 Å². The Hall–Kier alpha value is -1.69. The van der Waals surface area contributed by atoms with Gasteiger partial charge in [-0.1, -0.05) is 59.3 Å². The zero-order chi connectivity index (χ0) is 27.4. The molecule has 0 radical (unpaired) electrons. The first-order valence-corrected chi connectivity index (χ1v) is 14.8. The van der Waals surface area contributed by atoms with Crippen molar-refractivity contribution in [2.45, 2.75) is 106 Å². The second kappa shape index (κ2) is 9.81. The average molecular weight is 528 g/mol. The van der Waals surface area contributed by atoms with Gasteiger partial charge >= 0.3 is 5.97 Å². The van der Waals surface area contributed by atoms with Gasteiger partial charge in [-0.15, -0.1) is 0 Å². The number of carboxylic acids is 1. The number of hydrogen-bond acceptors (Lipinski definition) is 3. The highest BCUT2D eigenvalue weighted by Crippen LogP contribution is 2.73. The van der Waals surface area contributed by atoms with E-state index < -0.39 is 5.97 Å².